The molecule has 26 heavy (non-hydrogen) atoms. The lowest BCUT2D eigenvalue weighted by molar-refractivity contribution is 0.0893. The van der Waals surface area contributed by atoms with E-state index in [1.54, 1.807) is 19.2 Å². The van der Waals surface area contributed by atoms with Crippen LogP contribution in [0.5, 0.6) is 0 Å². The molecule has 1 atom stereocenters. The van der Waals surface area contributed by atoms with Crippen LogP contribution in [0.1, 0.15) is 24.0 Å². The summed E-state index contributed by atoms with van der Waals surface area (Å²) in [6, 6.07) is 12.7. The Hall–Kier alpha value is -2.05. The number of ether oxygens (including phenoxy) is 1. The molecule has 0 radical (unpaired) electrons. The molecule has 2 aromatic carbocycles. The molecule has 1 unspecified atom stereocenters. The number of hydrogen-bond acceptors (Lipinski definition) is 4. The molecule has 0 aromatic heterocycles. The van der Waals surface area contributed by atoms with Crippen molar-refractivity contribution in [1.29, 1.82) is 0 Å². The molecule has 0 saturated carbocycles. The zero-order valence-electron chi connectivity index (χ0n) is 15.5. The SMILES string of the molecule is COC1CCCN(c2ccc(NS(=O)(=O)c3ccc(C)c(C)c3)cc2)C1. The Labute approximate surface area is 156 Å². The highest BCUT2D eigenvalue weighted by molar-refractivity contribution is 7.92. The molecule has 1 aliphatic heterocycles. The molecule has 0 spiro atoms. The number of aryl methyl sites for hydroxylation is 2. The van der Waals surface area contributed by atoms with E-state index in [0.29, 0.717) is 5.69 Å². The van der Waals surface area contributed by atoms with Gasteiger partial charge in [0.05, 0.1) is 11.0 Å². The maximum atomic E-state index is 12.6. The van der Waals surface area contributed by atoms with E-state index in [1.165, 1.54) is 0 Å². The molecule has 6 heteroatoms. The van der Waals surface area contributed by atoms with Crippen LogP contribution in [0.4, 0.5) is 11.4 Å². The quantitative estimate of drug-likeness (QED) is 0.867. The van der Waals surface area contributed by atoms with Gasteiger partial charge in [-0.1, -0.05) is 6.07 Å². The van der Waals surface area contributed by atoms with E-state index < -0.39 is 10.0 Å². The van der Waals surface area contributed by atoms with Gasteiger partial charge in [-0.2, -0.15) is 0 Å². The van der Waals surface area contributed by atoms with Gasteiger partial charge in [-0.05, 0) is 74.2 Å². The van der Waals surface area contributed by atoms with E-state index in [0.717, 1.165) is 42.7 Å². The molecule has 140 valence electrons. The third kappa shape index (κ3) is 4.19. The molecule has 1 saturated heterocycles. The first-order chi connectivity index (χ1) is 12.4. The van der Waals surface area contributed by atoms with Gasteiger partial charge in [0.25, 0.3) is 10.0 Å². The van der Waals surface area contributed by atoms with E-state index in [9.17, 15) is 8.42 Å². The van der Waals surface area contributed by atoms with E-state index >= 15 is 0 Å². The van der Waals surface area contributed by atoms with Crippen molar-refractivity contribution in [1.82, 2.24) is 0 Å². The fraction of sp³-hybridized carbons (Fsp3) is 0.400. The van der Waals surface area contributed by atoms with Gasteiger partial charge in [0.15, 0.2) is 0 Å². The second kappa shape index (κ2) is 7.68. The first-order valence-electron chi connectivity index (χ1n) is 8.87. The van der Waals surface area contributed by atoms with Crippen molar-refractivity contribution in [3.05, 3.63) is 53.6 Å². The first kappa shape index (κ1) is 18.7. The van der Waals surface area contributed by atoms with Crippen molar-refractivity contribution in [2.45, 2.75) is 37.7 Å². The van der Waals surface area contributed by atoms with Gasteiger partial charge in [0.1, 0.15) is 0 Å². The Morgan fingerprint density at radius 2 is 1.81 bits per heavy atom. The smallest absolute Gasteiger partial charge is 0.261 e. The van der Waals surface area contributed by atoms with E-state index in [2.05, 4.69) is 9.62 Å². The Bertz CT molecular complexity index is 863. The first-order valence-corrected chi connectivity index (χ1v) is 10.4. The number of hydrogen-bond donors (Lipinski definition) is 1. The fourth-order valence-corrected chi connectivity index (χ4v) is 4.34. The average molecular weight is 375 g/mol. The number of anilines is 2. The molecule has 1 N–H and O–H groups in total. The lowest BCUT2D eigenvalue weighted by atomic mass is 10.1. The lowest BCUT2D eigenvalue weighted by Crippen LogP contribution is -2.39. The molecule has 0 aliphatic carbocycles. The van der Waals surface area contributed by atoms with Crippen molar-refractivity contribution in [2.75, 3.05) is 29.8 Å². The fourth-order valence-electron chi connectivity index (χ4n) is 3.20. The molecule has 3 rings (SSSR count). The monoisotopic (exact) mass is 374 g/mol. The van der Waals surface area contributed by atoms with Crippen LogP contribution < -0.4 is 9.62 Å². The van der Waals surface area contributed by atoms with Crippen molar-refractivity contribution >= 4 is 21.4 Å². The summed E-state index contributed by atoms with van der Waals surface area (Å²) in [7, 11) is -1.84. The van der Waals surface area contributed by atoms with Gasteiger partial charge in [-0.15, -0.1) is 0 Å². The van der Waals surface area contributed by atoms with Gasteiger partial charge < -0.3 is 9.64 Å². The number of rotatable bonds is 5. The molecule has 2 aromatic rings. The highest BCUT2D eigenvalue weighted by Gasteiger charge is 2.20. The third-order valence-corrected chi connectivity index (χ3v) is 6.36. The van der Waals surface area contributed by atoms with Gasteiger partial charge in [0.2, 0.25) is 0 Å². The average Bonchev–Trinajstić information content (AvgIpc) is 2.64. The second-order valence-corrected chi connectivity index (χ2v) is 8.53. The van der Waals surface area contributed by atoms with Crippen molar-refractivity contribution in [2.24, 2.45) is 0 Å². The third-order valence-electron chi connectivity index (χ3n) is 4.98. The molecular formula is C20H26N2O3S. The summed E-state index contributed by atoms with van der Waals surface area (Å²) in [6.07, 6.45) is 2.44. The number of nitrogens with zero attached hydrogens (tertiary/aromatic N) is 1. The minimum absolute atomic E-state index is 0.256. The Kier molecular flexibility index (Phi) is 5.53. The van der Waals surface area contributed by atoms with Crippen LogP contribution in [0.3, 0.4) is 0 Å². The minimum atomic E-state index is -3.59. The van der Waals surface area contributed by atoms with E-state index in [4.69, 9.17) is 4.74 Å². The number of sulfonamides is 1. The normalized spacial score (nSPS) is 18.0. The number of methoxy groups -OCH3 is 1. The van der Waals surface area contributed by atoms with Crippen LogP contribution in [0.2, 0.25) is 0 Å². The number of nitrogens with one attached hydrogen (secondary N) is 1. The zero-order valence-corrected chi connectivity index (χ0v) is 16.3. The van der Waals surface area contributed by atoms with Crippen LogP contribution in [-0.4, -0.2) is 34.7 Å². The minimum Gasteiger partial charge on any atom is -0.380 e. The van der Waals surface area contributed by atoms with Crippen molar-refractivity contribution in [3.63, 3.8) is 0 Å². The summed E-state index contributed by atoms with van der Waals surface area (Å²) in [5, 5.41) is 0. The summed E-state index contributed by atoms with van der Waals surface area (Å²) < 4.78 is 33.3. The molecule has 1 heterocycles. The zero-order chi connectivity index (χ0) is 18.7. The summed E-state index contributed by atoms with van der Waals surface area (Å²) in [5.74, 6) is 0. The van der Waals surface area contributed by atoms with E-state index in [1.807, 2.05) is 44.2 Å². The Morgan fingerprint density at radius 3 is 2.46 bits per heavy atom. The van der Waals surface area contributed by atoms with Crippen LogP contribution in [-0.2, 0) is 14.8 Å². The number of piperidine rings is 1. The molecule has 0 amide bonds. The van der Waals surface area contributed by atoms with Gasteiger partial charge in [-0.25, -0.2) is 8.42 Å². The maximum absolute atomic E-state index is 12.6. The summed E-state index contributed by atoms with van der Waals surface area (Å²) in [4.78, 5) is 2.56. The predicted octanol–water partition coefficient (Wildman–Crippen LogP) is 3.72. The van der Waals surface area contributed by atoms with Crippen molar-refractivity contribution in [3.8, 4) is 0 Å². The molecule has 1 fully saturated rings. The highest BCUT2D eigenvalue weighted by atomic mass is 32.2. The largest absolute Gasteiger partial charge is 0.380 e. The molecule has 0 bridgehead atoms. The number of benzene rings is 2. The van der Waals surface area contributed by atoms with Crippen LogP contribution in [0.15, 0.2) is 47.4 Å². The van der Waals surface area contributed by atoms with Crippen LogP contribution >= 0.6 is 0 Å². The van der Waals surface area contributed by atoms with Crippen LogP contribution in [0.25, 0.3) is 0 Å². The van der Waals surface area contributed by atoms with Crippen molar-refractivity contribution < 1.29 is 13.2 Å². The van der Waals surface area contributed by atoms with Gasteiger partial charge >= 0.3 is 0 Å². The maximum Gasteiger partial charge on any atom is 0.261 e. The van der Waals surface area contributed by atoms with Gasteiger partial charge in [0, 0.05) is 31.6 Å². The topological polar surface area (TPSA) is 58.6 Å². The predicted molar refractivity (Wildman–Crippen MR) is 105 cm³/mol. The summed E-state index contributed by atoms with van der Waals surface area (Å²) >= 11 is 0. The lowest BCUT2D eigenvalue weighted by Gasteiger charge is -2.33. The standard InChI is InChI=1S/C20H26N2O3S/c1-15-6-11-20(13-16(15)2)26(23,24)21-17-7-9-18(10-8-17)22-12-4-5-19(14-22)25-3/h6-11,13,19,21H,4-5,12,14H2,1-3H3. The Balaban J connectivity index is 1.73. The Morgan fingerprint density at radius 1 is 1.08 bits per heavy atom. The summed E-state index contributed by atoms with van der Waals surface area (Å²) in [6.45, 7) is 5.74. The molecular weight excluding hydrogens is 348 g/mol. The van der Waals surface area contributed by atoms with Gasteiger partial charge in [-0.3, -0.25) is 4.72 Å². The molecule has 1 aliphatic rings. The van der Waals surface area contributed by atoms with Crippen LogP contribution in [0, 0.1) is 13.8 Å². The second-order valence-electron chi connectivity index (χ2n) is 6.84. The van der Waals surface area contributed by atoms with E-state index in [-0.39, 0.29) is 11.0 Å². The summed E-state index contributed by atoms with van der Waals surface area (Å²) in [5.41, 5.74) is 3.68. The molecule has 5 nitrogen and oxygen atoms in total. The highest BCUT2D eigenvalue weighted by Crippen LogP contribution is 2.24.